The zero-order valence-electron chi connectivity index (χ0n) is 12.3. The van der Waals surface area contributed by atoms with Gasteiger partial charge in [0.15, 0.2) is 0 Å². The summed E-state index contributed by atoms with van der Waals surface area (Å²) in [5.41, 5.74) is 3.08. The fourth-order valence-corrected chi connectivity index (χ4v) is 2.66. The van der Waals surface area contributed by atoms with Crippen molar-refractivity contribution in [1.29, 1.82) is 0 Å². The smallest absolute Gasteiger partial charge is 0.277 e. The normalized spacial score (nSPS) is 10.7. The van der Waals surface area contributed by atoms with E-state index in [0.29, 0.717) is 16.9 Å². The number of nitrogens with zero attached hydrogens (tertiary/aromatic N) is 3. The molecule has 0 saturated heterocycles. The van der Waals surface area contributed by atoms with Crippen molar-refractivity contribution in [2.24, 2.45) is 0 Å². The van der Waals surface area contributed by atoms with E-state index in [1.54, 1.807) is 12.1 Å². The van der Waals surface area contributed by atoms with Crippen molar-refractivity contribution in [3.63, 3.8) is 0 Å². The molecule has 0 aliphatic carbocycles. The van der Waals surface area contributed by atoms with Gasteiger partial charge in [-0.15, -0.1) is 10.2 Å². The summed E-state index contributed by atoms with van der Waals surface area (Å²) in [4.78, 5) is 10.2. The van der Waals surface area contributed by atoms with Crippen LogP contribution in [0.1, 0.15) is 11.1 Å². The number of hydrogen-bond donors (Lipinski definition) is 0. The van der Waals surface area contributed by atoms with Gasteiger partial charge in [0.05, 0.1) is 4.92 Å². The molecule has 0 saturated carbocycles. The maximum Gasteiger partial charge on any atom is 0.277 e. The van der Waals surface area contributed by atoms with E-state index < -0.39 is 4.92 Å². The van der Waals surface area contributed by atoms with Gasteiger partial charge in [-0.25, -0.2) is 0 Å². The number of nitro groups is 1. The Morgan fingerprint density at radius 1 is 1.09 bits per heavy atom. The quantitative estimate of drug-likeness (QED) is 0.396. The van der Waals surface area contributed by atoms with Gasteiger partial charge in [0.25, 0.3) is 10.9 Å². The number of hydrogen-bond acceptors (Lipinski definition) is 6. The summed E-state index contributed by atoms with van der Waals surface area (Å²) in [6, 6.07) is 14.3. The van der Waals surface area contributed by atoms with E-state index in [4.69, 9.17) is 4.42 Å². The topological polar surface area (TPSA) is 82.1 Å². The fourth-order valence-electron chi connectivity index (χ4n) is 1.94. The third kappa shape index (κ3) is 3.75. The lowest BCUT2D eigenvalue weighted by Crippen LogP contribution is -1.88. The van der Waals surface area contributed by atoms with E-state index >= 15 is 0 Å². The maximum atomic E-state index is 10.6. The number of aromatic nitrogens is 2. The van der Waals surface area contributed by atoms with Crippen molar-refractivity contribution in [1.82, 2.24) is 10.2 Å². The molecule has 7 heteroatoms. The molecule has 0 unspecified atom stereocenters. The molecule has 0 spiro atoms. The van der Waals surface area contributed by atoms with E-state index in [1.807, 2.05) is 31.2 Å². The summed E-state index contributed by atoms with van der Waals surface area (Å²) < 4.78 is 5.63. The van der Waals surface area contributed by atoms with Gasteiger partial charge in [-0.3, -0.25) is 10.1 Å². The first-order chi connectivity index (χ1) is 11.1. The minimum absolute atomic E-state index is 0.0817. The second-order valence-electron chi connectivity index (χ2n) is 4.95. The minimum Gasteiger partial charge on any atom is -0.411 e. The van der Waals surface area contributed by atoms with Gasteiger partial charge in [0.2, 0.25) is 5.89 Å². The third-order valence-corrected chi connectivity index (χ3v) is 4.10. The largest absolute Gasteiger partial charge is 0.411 e. The highest BCUT2D eigenvalue weighted by Crippen LogP contribution is 2.26. The lowest BCUT2D eigenvalue weighted by atomic mass is 10.1. The molecule has 116 valence electrons. The van der Waals surface area contributed by atoms with Crippen molar-refractivity contribution in [2.45, 2.75) is 17.9 Å². The van der Waals surface area contributed by atoms with Crippen molar-refractivity contribution in [2.75, 3.05) is 0 Å². The van der Waals surface area contributed by atoms with Crippen LogP contribution >= 0.6 is 11.8 Å². The molecule has 3 aromatic rings. The van der Waals surface area contributed by atoms with Gasteiger partial charge in [-0.05, 0) is 24.6 Å². The highest BCUT2D eigenvalue weighted by molar-refractivity contribution is 7.98. The molecule has 0 radical (unpaired) electrons. The van der Waals surface area contributed by atoms with Gasteiger partial charge < -0.3 is 4.42 Å². The summed E-state index contributed by atoms with van der Waals surface area (Å²) in [5, 5.41) is 19.1. The average molecular weight is 327 g/mol. The van der Waals surface area contributed by atoms with Crippen molar-refractivity contribution >= 4 is 17.4 Å². The van der Waals surface area contributed by atoms with Crippen LogP contribution in [0.5, 0.6) is 0 Å². The van der Waals surface area contributed by atoms with Gasteiger partial charge in [-0.2, -0.15) is 0 Å². The van der Waals surface area contributed by atoms with Crippen LogP contribution in [-0.2, 0) is 5.75 Å². The predicted octanol–water partition coefficient (Wildman–Crippen LogP) is 4.25. The lowest BCUT2D eigenvalue weighted by Gasteiger charge is -1.98. The molecule has 0 bridgehead atoms. The molecule has 23 heavy (non-hydrogen) atoms. The van der Waals surface area contributed by atoms with Crippen LogP contribution in [-0.4, -0.2) is 15.1 Å². The lowest BCUT2D eigenvalue weighted by molar-refractivity contribution is -0.384. The SMILES string of the molecule is Cc1ccc(-c2nnc(SCc3ccc([N+](=O)[O-])cc3)o2)cc1. The van der Waals surface area contributed by atoms with Crippen LogP contribution in [0.15, 0.2) is 58.2 Å². The van der Waals surface area contributed by atoms with Crippen LogP contribution < -0.4 is 0 Å². The molecule has 2 aromatic carbocycles. The Labute approximate surface area is 136 Å². The van der Waals surface area contributed by atoms with E-state index in [1.165, 1.54) is 29.5 Å². The first-order valence-corrected chi connectivity index (χ1v) is 7.87. The van der Waals surface area contributed by atoms with Crippen LogP contribution in [0, 0.1) is 17.0 Å². The number of nitro benzene ring substituents is 1. The number of rotatable bonds is 5. The molecule has 1 aromatic heterocycles. The van der Waals surface area contributed by atoms with Gasteiger partial charge in [0, 0.05) is 23.4 Å². The third-order valence-electron chi connectivity index (χ3n) is 3.21. The zero-order chi connectivity index (χ0) is 16.2. The van der Waals surface area contributed by atoms with E-state index in [0.717, 1.165) is 11.1 Å². The summed E-state index contributed by atoms with van der Waals surface area (Å²) in [6.07, 6.45) is 0. The molecule has 1 heterocycles. The van der Waals surface area contributed by atoms with Crippen LogP contribution in [0.2, 0.25) is 0 Å². The van der Waals surface area contributed by atoms with Gasteiger partial charge in [0.1, 0.15) is 0 Å². The molecule has 0 fully saturated rings. The molecule has 0 atom stereocenters. The molecule has 0 aliphatic rings. The number of thioether (sulfide) groups is 1. The Hall–Kier alpha value is -2.67. The first kappa shape index (κ1) is 15.2. The second kappa shape index (κ2) is 6.62. The van der Waals surface area contributed by atoms with Crippen LogP contribution in [0.3, 0.4) is 0 Å². The van der Waals surface area contributed by atoms with E-state index in [9.17, 15) is 10.1 Å². The maximum absolute atomic E-state index is 10.6. The Balaban J connectivity index is 1.65. The van der Waals surface area contributed by atoms with Crippen molar-refractivity contribution < 1.29 is 9.34 Å². The summed E-state index contributed by atoms with van der Waals surface area (Å²) in [7, 11) is 0. The Kier molecular flexibility index (Phi) is 4.38. The minimum atomic E-state index is -0.414. The molecule has 0 amide bonds. The van der Waals surface area contributed by atoms with Crippen LogP contribution in [0.4, 0.5) is 5.69 Å². The van der Waals surface area contributed by atoms with E-state index in [2.05, 4.69) is 10.2 Å². The number of non-ortho nitro benzene ring substituents is 1. The molecule has 0 aliphatic heterocycles. The molecular formula is C16H13N3O3S. The summed E-state index contributed by atoms with van der Waals surface area (Å²) in [5.74, 6) is 1.09. The highest BCUT2D eigenvalue weighted by atomic mass is 32.2. The highest BCUT2D eigenvalue weighted by Gasteiger charge is 2.10. The van der Waals surface area contributed by atoms with Gasteiger partial charge in [-0.1, -0.05) is 41.6 Å². The van der Waals surface area contributed by atoms with E-state index in [-0.39, 0.29) is 5.69 Å². The predicted molar refractivity (Wildman–Crippen MR) is 87.1 cm³/mol. The molecule has 3 rings (SSSR count). The molecule has 6 nitrogen and oxygen atoms in total. The van der Waals surface area contributed by atoms with Gasteiger partial charge >= 0.3 is 0 Å². The standard InChI is InChI=1S/C16H13N3O3S/c1-11-2-6-13(7-3-11)15-17-18-16(22-15)23-10-12-4-8-14(9-5-12)19(20)21/h2-9H,10H2,1H3. The number of benzene rings is 2. The number of aryl methyl sites for hydroxylation is 1. The summed E-state index contributed by atoms with van der Waals surface area (Å²) >= 11 is 1.40. The molecular weight excluding hydrogens is 314 g/mol. The Bertz CT molecular complexity index is 813. The second-order valence-corrected chi connectivity index (χ2v) is 5.88. The van der Waals surface area contributed by atoms with Crippen molar-refractivity contribution in [3.8, 4) is 11.5 Å². The average Bonchev–Trinajstić information content (AvgIpc) is 3.03. The monoisotopic (exact) mass is 327 g/mol. The van der Waals surface area contributed by atoms with Crippen molar-refractivity contribution in [3.05, 3.63) is 69.8 Å². The summed E-state index contributed by atoms with van der Waals surface area (Å²) in [6.45, 7) is 2.02. The first-order valence-electron chi connectivity index (χ1n) is 6.88. The fraction of sp³-hybridized carbons (Fsp3) is 0.125. The Morgan fingerprint density at radius 2 is 1.78 bits per heavy atom. The molecule has 0 N–H and O–H groups in total. The Morgan fingerprint density at radius 3 is 2.43 bits per heavy atom. The zero-order valence-corrected chi connectivity index (χ0v) is 13.1. The van der Waals surface area contributed by atoms with Crippen LogP contribution in [0.25, 0.3) is 11.5 Å².